The van der Waals surface area contributed by atoms with Crippen LogP contribution in [0.1, 0.15) is 35.4 Å². The molecule has 0 N–H and O–H groups in total. The molecular formula is C21H12N4O9. The molecule has 0 radical (unpaired) electrons. The van der Waals surface area contributed by atoms with Crippen LogP contribution < -0.4 is 14.2 Å². The number of hydrogen-bond acceptors (Lipinski definition) is 10. The summed E-state index contributed by atoms with van der Waals surface area (Å²) in [4.78, 5) is 34.1. The van der Waals surface area contributed by atoms with Gasteiger partial charge >= 0.3 is 0 Å². The van der Waals surface area contributed by atoms with E-state index in [2.05, 4.69) is 0 Å². The molecule has 0 aromatic heterocycles. The number of nitro benzene ring substituents is 3. The van der Waals surface area contributed by atoms with Crippen molar-refractivity contribution < 1.29 is 29.0 Å². The summed E-state index contributed by atoms with van der Waals surface area (Å²) in [5.74, 6) is 0.918. The molecule has 0 amide bonds. The van der Waals surface area contributed by atoms with Crippen molar-refractivity contribution in [3.05, 3.63) is 102 Å². The predicted octanol–water partition coefficient (Wildman–Crippen LogP) is 4.29. The minimum Gasteiger partial charge on any atom is -0.470 e. The lowest BCUT2D eigenvalue weighted by atomic mass is 9.98. The summed E-state index contributed by atoms with van der Waals surface area (Å²) in [7, 11) is 0. The number of hydrogen-bond donors (Lipinski definition) is 0. The maximum atomic E-state index is 11.4. The number of nitro groups is 3. The molecule has 6 rings (SSSR count). The maximum absolute atomic E-state index is 11.4. The lowest BCUT2D eigenvalue weighted by Gasteiger charge is -2.51. The molecule has 3 aliphatic heterocycles. The quantitative estimate of drug-likeness (QED) is 0.404. The standard InChI is InChI=1S/C21H12N4O9/c26-23(27)10-1-4-16-13(7-10)19-22-20(32-16)14-8-11(24(28)29)2-5-17(14)34-21(22)15-9-12(25(30)31)3-6-18(15)33-19/h1-9,19-21H/t19-,20-,21+/m0/s1. The Morgan fingerprint density at radius 1 is 0.559 bits per heavy atom. The second-order valence-corrected chi connectivity index (χ2v) is 7.80. The SMILES string of the molecule is O=[N+]([O-])c1ccc2c(c1)[C@H]1Oc3ccc([N+](=O)[O-])cc3[C@@H]3Oc4ccc([N+](=O)[O-])cc4[C@H](O2)N13. The van der Waals surface area contributed by atoms with E-state index < -0.39 is 33.5 Å². The highest BCUT2D eigenvalue weighted by molar-refractivity contribution is 5.54. The summed E-state index contributed by atoms with van der Waals surface area (Å²) < 4.78 is 18.4. The smallest absolute Gasteiger partial charge is 0.270 e. The van der Waals surface area contributed by atoms with Gasteiger partial charge in [0.05, 0.1) is 31.5 Å². The van der Waals surface area contributed by atoms with Crippen LogP contribution in [0.4, 0.5) is 17.1 Å². The molecule has 13 nitrogen and oxygen atoms in total. The molecule has 0 bridgehead atoms. The first kappa shape index (κ1) is 19.9. The zero-order valence-electron chi connectivity index (χ0n) is 16.9. The normalized spacial score (nSPS) is 21.4. The molecule has 170 valence electrons. The van der Waals surface area contributed by atoms with Crippen molar-refractivity contribution in [1.29, 1.82) is 0 Å². The van der Waals surface area contributed by atoms with Crippen molar-refractivity contribution in [3.8, 4) is 17.2 Å². The zero-order valence-corrected chi connectivity index (χ0v) is 16.9. The van der Waals surface area contributed by atoms with E-state index >= 15 is 0 Å². The Bertz CT molecular complexity index is 1260. The number of fused-ring (bicyclic) bond motifs is 6. The second-order valence-electron chi connectivity index (χ2n) is 7.80. The number of benzene rings is 3. The zero-order chi connectivity index (χ0) is 23.7. The Morgan fingerprint density at radius 3 is 1.12 bits per heavy atom. The minimum atomic E-state index is -0.917. The number of ether oxygens (including phenoxy) is 3. The molecule has 3 heterocycles. The van der Waals surface area contributed by atoms with Crippen molar-refractivity contribution in [2.45, 2.75) is 18.7 Å². The Kier molecular flexibility index (Phi) is 4.01. The van der Waals surface area contributed by atoms with E-state index in [0.717, 1.165) is 0 Å². The van der Waals surface area contributed by atoms with E-state index in [0.29, 0.717) is 33.9 Å². The molecule has 0 saturated carbocycles. The lowest BCUT2D eigenvalue weighted by Crippen LogP contribution is -2.50. The van der Waals surface area contributed by atoms with Gasteiger partial charge in [0.1, 0.15) is 17.2 Å². The van der Waals surface area contributed by atoms with Gasteiger partial charge in [-0.15, -0.1) is 0 Å². The van der Waals surface area contributed by atoms with Crippen LogP contribution in [0.2, 0.25) is 0 Å². The third-order valence-corrected chi connectivity index (χ3v) is 5.94. The molecule has 0 saturated heterocycles. The fraction of sp³-hybridized carbons (Fsp3) is 0.143. The molecule has 0 fully saturated rings. The van der Waals surface area contributed by atoms with Crippen LogP contribution >= 0.6 is 0 Å². The van der Waals surface area contributed by atoms with E-state index in [4.69, 9.17) is 14.2 Å². The molecule has 3 atom stereocenters. The Morgan fingerprint density at radius 2 is 0.853 bits per heavy atom. The van der Waals surface area contributed by atoms with Crippen LogP contribution in [0.15, 0.2) is 54.6 Å². The molecule has 13 heteroatoms. The highest BCUT2D eigenvalue weighted by atomic mass is 16.6. The summed E-state index contributed by atoms with van der Waals surface area (Å²) in [5, 5.41) is 34.1. The molecule has 3 aliphatic rings. The topological polar surface area (TPSA) is 160 Å². The fourth-order valence-electron chi connectivity index (χ4n) is 4.43. The Balaban J connectivity index is 1.58. The second kappa shape index (κ2) is 6.86. The fourth-order valence-corrected chi connectivity index (χ4v) is 4.43. The van der Waals surface area contributed by atoms with Crippen molar-refractivity contribution in [1.82, 2.24) is 4.90 Å². The van der Waals surface area contributed by atoms with Crippen molar-refractivity contribution >= 4 is 17.1 Å². The molecule has 0 unspecified atom stereocenters. The van der Waals surface area contributed by atoms with Gasteiger partial charge in [0, 0.05) is 36.4 Å². The predicted molar refractivity (Wildman–Crippen MR) is 111 cm³/mol. The van der Waals surface area contributed by atoms with Gasteiger partial charge in [0.2, 0.25) is 0 Å². The highest BCUT2D eigenvalue weighted by Gasteiger charge is 2.52. The third kappa shape index (κ3) is 2.77. The lowest BCUT2D eigenvalue weighted by molar-refractivity contribution is -0.385. The average molecular weight is 464 g/mol. The van der Waals surface area contributed by atoms with Gasteiger partial charge in [0.15, 0.2) is 18.7 Å². The molecular weight excluding hydrogens is 452 g/mol. The monoisotopic (exact) mass is 464 g/mol. The van der Waals surface area contributed by atoms with Crippen LogP contribution in [-0.4, -0.2) is 19.7 Å². The summed E-state index contributed by atoms with van der Waals surface area (Å²) in [6, 6.07) is 12.2. The van der Waals surface area contributed by atoms with Crippen LogP contribution in [0, 0.1) is 30.3 Å². The number of non-ortho nitro benzene ring substituents is 3. The van der Waals surface area contributed by atoms with Crippen LogP contribution in [0.25, 0.3) is 0 Å². The van der Waals surface area contributed by atoms with E-state index in [1.165, 1.54) is 54.6 Å². The van der Waals surface area contributed by atoms with Gasteiger partial charge in [-0.25, -0.2) is 0 Å². The first-order valence-electron chi connectivity index (χ1n) is 9.94. The highest BCUT2D eigenvalue weighted by Crippen LogP contribution is 2.57. The van der Waals surface area contributed by atoms with Crippen molar-refractivity contribution in [3.63, 3.8) is 0 Å². The van der Waals surface area contributed by atoms with Gasteiger partial charge in [0.25, 0.3) is 17.1 Å². The molecule has 0 aliphatic carbocycles. The minimum absolute atomic E-state index is 0.176. The van der Waals surface area contributed by atoms with Gasteiger partial charge in [-0.3, -0.25) is 30.3 Å². The molecule has 3 aromatic rings. The van der Waals surface area contributed by atoms with Crippen LogP contribution in [0.5, 0.6) is 17.2 Å². The van der Waals surface area contributed by atoms with Gasteiger partial charge in [-0.1, -0.05) is 0 Å². The third-order valence-electron chi connectivity index (χ3n) is 5.94. The first-order chi connectivity index (χ1) is 16.3. The van der Waals surface area contributed by atoms with Crippen molar-refractivity contribution in [2.24, 2.45) is 0 Å². The van der Waals surface area contributed by atoms with E-state index in [1.807, 2.05) is 0 Å². The van der Waals surface area contributed by atoms with Gasteiger partial charge in [-0.2, -0.15) is 4.90 Å². The molecule has 34 heavy (non-hydrogen) atoms. The summed E-state index contributed by atoms with van der Waals surface area (Å²) >= 11 is 0. The van der Waals surface area contributed by atoms with E-state index in [-0.39, 0.29) is 17.1 Å². The number of rotatable bonds is 3. The summed E-state index contributed by atoms with van der Waals surface area (Å²) in [6.07, 6.45) is -2.75. The van der Waals surface area contributed by atoms with E-state index in [9.17, 15) is 30.3 Å². The molecule has 0 spiro atoms. The first-order valence-corrected chi connectivity index (χ1v) is 9.94. The van der Waals surface area contributed by atoms with Crippen LogP contribution in [-0.2, 0) is 0 Å². The van der Waals surface area contributed by atoms with Gasteiger partial charge < -0.3 is 14.2 Å². The van der Waals surface area contributed by atoms with Crippen LogP contribution in [0.3, 0.4) is 0 Å². The van der Waals surface area contributed by atoms with Gasteiger partial charge in [-0.05, 0) is 18.2 Å². The Hall–Kier alpha value is -4.78. The maximum Gasteiger partial charge on any atom is 0.270 e. The Labute approximate surface area is 189 Å². The average Bonchev–Trinajstić information content (AvgIpc) is 2.83. The van der Waals surface area contributed by atoms with Crippen molar-refractivity contribution in [2.75, 3.05) is 0 Å². The summed E-state index contributed by atoms with van der Waals surface area (Å²) in [5.41, 5.74) is 0.545. The van der Waals surface area contributed by atoms with E-state index in [1.54, 1.807) is 4.90 Å². The number of nitrogens with zero attached hydrogens (tertiary/aromatic N) is 4. The molecule has 3 aromatic carbocycles. The summed E-state index contributed by atoms with van der Waals surface area (Å²) in [6.45, 7) is 0. The largest absolute Gasteiger partial charge is 0.470 e.